The topological polar surface area (TPSA) is 108 Å². The van der Waals surface area contributed by atoms with Gasteiger partial charge >= 0.3 is 19.8 Å². The number of carbonyl (C=O) groups is 2. The molecule has 0 aliphatic rings. The fourth-order valence-corrected chi connectivity index (χ4v) is 7.47. The second-order valence-electron chi connectivity index (χ2n) is 18.2. The Morgan fingerprint density at radius 1 is 0.500 bits per heavy atom. The summed E-state index contributed by atoms with van der Waals surface area (Å²) in [6, 6.07) is 0. The number of hydrogen-bond acceptors (Lipinski definition) is 7. The minimum absolute atomic E-state index is 0.0281. The predicted molar refractivity (Wildman–Crippen MR) is 270 cm³/mol. The van der Waals surface area contributed by atoms with Crippen molar-refractivity contribution in [2.45, 2.75) is 213 Å². The van der Waals surface area contributed by atoms with Crippen molar-refractivity contribution < 1.29 is 42.1 Å². The number of allylic oxidation sites excluding steroid dienone is 12. The minimum atomic E-state index is -4.38. The van der Waals surface area contributed by atoms with Crippen molar-refractivity contribution in [3.63, 3.8) is 0 Å². The minimum Gasteiger partial charge on any atom is -0.462 e. The van der Waals surface area contributed by atoms with Crippen LogP contribution >= 0.6 is 7.82 Å². The number of nitrogens with zero attached hydrogens (tertiary/aromatic N) is 1. The van der Waals surface area contributed by atoms with E-state index in [2.05, 4.69) is 86.8 Å². The van der Waals surface area contributed by atoms with Crippen molar-refractivity contribution in [2.24, 2.45) is 0 Å². The van der Waals surface area contributed by atoms with Gasteiger partial charge in [0.15, 0.2) is 6.10 Å². The molecule has 2 atom stereocenters. The number of phosphoric acid groups is 1. The predicted octanol–water partition coefficient (Wildman–Crippen LogP) is 15.4. The maximum atomic E-state index is 12.7. The average molecular weight is 919 g/mol. The van der Waals surface area contributed by atoms with Gasteiger partial charge in [-0.25, -0.2) is 4.57 Å². The Labute approximate surface area is 393 Å². The first-order valence-electron chi connectivity index (χ1n) is 25.7. The molecule has 0 aromatic rings. The van der Waals surface area contributed by atoms with Gasteiger partial charge in [-0.3, -0.25) is 18.6 Å². The zero-order valence-corrected chi connectivity index (χ0v) is 42.6. The number of hydrogen-bond donors (Lipinski definition) is 1. The fourth-order valence-electron chi connectivity index (χ4n) is 6.73. The van der Waals surface area contributed by atoms with Gasteiger partial charge in [0.1, 0.15) is 19.8 Å². The molecule has 0 spiro atoms. The molecular weight excluding hydrogens is 822 g/mol. The summed E-state index contributed by atoms with van der Waals surface area (Å²) < 4.78 is 34.4. The Kier molecular flexibility index (Phi) is 43.8. The lowest BCUT2D eigenvalue weighted by molar-refractivity contribution is -0.870. The molecule has 0 aromatic carbocycles. The molecular formula is C54H97NO8P+. The first-order valence-corrected chi connectivity index (χ1v) is 27.2. The molecule has 0 aromatic heterocycles. The lowest BCUT2D eigenvalue weighted by Crippen LogP contribution is -2.37. The number of esters is 2. The van der Waals surface area contributed by atoms with Gasteiger partial charge in [-0.2, -0.15) is 0 Å². The summed E-state index contributed by atoms with van der Waals surface area (Å²) in [4.78, 5) is 35.4. The first-order chi connectivity index (χ1) is 31.0. The molecule has 0 amide bonds. The van der Waals surface area contributed by atoms with Crippen molar-refractivity contribution in [2.75, 3.05) is 47.5 Å². The number of phosphoric ester groups is 1. The molecule has 10 heteroatoms. The lowest BCUT2D eigenvalue weighted by Gasteiger charge is -2.24. The van der Waals surface area contributed by atoms with Gasteiger partial charge in [0.25, 0.3) is 0 Å². The molecule has 0 aliphatic carbocycles. The average Bonchev–Trinajstić information content (AvgIpc) is 3.25. The van der Waals surface area contributed by atoms with Gasteiger partial charge in [0.05, 0.1) is 27.7 Å². The number of carbonyl (C=O) groups excluding carboxylic acids is 2. The van der Waals surface area contributed by atoms with E-state index in [1.54, 1.807) is 0 Å². The quantitative estimate of drug-likeness (QED) is 0.0211. The van der Waals surface area contributed by atoms with Crippen LogP contribution in [0.15, 0.2) is 72.9 Å². The molecule has 9 nitrogen and oxygen atoms in total. The summed E-state index contributed by atoms with van der Waals surface area (Å²) in [7, 11) is 1.47. The Hall–Kier alpha value is -2.55. The van der Waals surface area contributed by atoms with Gasteiger partial charge in [-0.1, -0.05) is 189 Å². The molecule has 0 radical (unpaired) electrons. The molecule has 0 rings (SSSR count). The summed E-state index contributed by atoms with van der Waals surface area (Å²) >= 11 is 0. The molecule has 2 unspecified atom stereocenters. The third kappa shape index (κ3) is 48.9. The Morgan fingerprint density at radius 3 is 1.34 bits per heavy atom. The van der Waals surface area contributed by atoms with Crippen LogP contribution in [0.3, 0.4) is 0 Å². The molecule has 0 fully saturated rings. The number of rotatable bonds is 46. The van der Waals surface area contributed by atoms with Crippen molar-refractivity contribution in [1.29, 1.82) is 0 Å². The van der Waals surface area contributed by atoms with E-state index >= 15 is 0 Å². The molecule has 370 valence electrons. The molecule has 1 N–H and O–H groups in total. The van der Waals surface area contributed by atoms with Crippen molar-refractivity contribution in [3.8, 4) is 0 Å². The number of quaternary nitrogens is 1. The van der Waals surface area contributed by atoms with Crippen molar-refractivity contribution >= 4 is 19.8 Å². The van der Waals surface area contributed by atoms with Gasteiger partial charge in [0, 0.05) is 12.8 Å². The largest absolute Gasteiger partial charge is 0.472 e. The SMILES string of the molecule is CC/C=C\C/C=C\C/C=C\C/C=C\C/C=C\CCCCCCCCCCCCCCCC(=O)OC(COC(=O)CCCCCCC/C=C\CCCC)COP(=O)(O)OCC[N+](C)(C)C. The van der Waals surface area contributed by atoms with E-state index in [4.69, 9.17) is 18.5 Å². The van der Waals surface area contributed by atoms with Crippen LogP contribution in [0.4, 0.5) is 0 Å². The van der Waals surface area contributed by atoms with Crippen LogP contribution in [0.2, 0.25) is 0 Å². The number of unbranched alkanes of at least 4 members (excludes halogenated alkanes) is 20. The van der Waals surface area contributed by atoms with E-state index in [-0.39, 0.29) is 32.0 Å². The van der Waals surface area contributed by atoms with E-state index in [1.807, 2.05) is 21.1 Å². The van der Waals surface area contributed by atoms with Crippen LogP contribution in [-0.4, -0.2) is 74.9 Å². The van der Waals surface area contributed by atoms with Gasteiger partial charge in [-0.05, 0) is 77.0 Å². The second kappa shape index (κ2) is 45.6. The number of ether oxygens (including phenoxy) is 2. The zero-order chi connectivity index (χ0) is 47.1. The van der Waals surface area contributed by atoms with Crippen molar-refractivity contribution in [1.82, 2.24) is 0 Å². The summed E-state index contributed by atoms with van der Waals surface area (Å²) in [5.41, 5.74) is 0. The maximum Gasteiger partial charge on any atom is 0.472 e. The van der Waals surface area contributed by atoms with Crippen LogP contribution in [0, 0.1) is 0 Å². The maximum absolute atomic E-state index is 12.7. The molecule has 0 bridgehead atoms. The molecule has 0 heterocycles. The summed E-state index contributed by atoms with van der Waals surface area (Å²) in [6.45, 7) is 4.26. The Bertz CT molecular complexity index is 1310. The van der Waals surface area contributed by atoms with Gasteiger partial charge < -0.3 is 18.9 Å². The summed E-state index contributed by atoms with van der Waals surface area (Å²) in [6.07, 6.45) is 58.2. The summed E-state index contributed by atoms with van der Waals surface area (Å²) in [5, 5.41) is 0. The van der Waals surface area contributed by atoms with Crippen LogP contribution in [0.25, 0.3) is 0 Å². The molecule has 0 aliphatic heterocycles. The number of likely N-dealkylation sites (N-methyl/N-ethyl adjacent to an activating group) is 1. The normalized spacial score (nSPS) is 14.0. The Balaban J connectivity index is 4.13. The standard InChI is InChI=1S/C54H96NO8P/c1-6-8-10-12-14-16-18-19-20-21-22-23-24-25-26-27-28-29-30-31-32-33-34-35-37-39-41-43-45-47-54(57)63-52(51-62-64(58,59)61-49-48-55(3,4)5)50-60-53(56)46-44-42-40-38-36-17-15-13-11-9-7-2/h8,10,13-16,19-20,22-23,25-26,52H,6-7,9,11-12,17-18,21,24,27-51H2,1-5H3/p+1/b10-8-,15-13-,16-14-,20-19-,23-22-,26-25-. The third-order valence-corrected chi connectivity index (χ3v) is 11.7. The van der Waals surface area contributed by atoms with E-state index in [9.17, 15) is 19.0 Å². The molecule has 64 heavy (non-hydrogen) atoms. The van der Waals surface area contributed by atoms with E-state index in [1.165, 1.54) is 77.0 Å². The van der Waals surface area contributed by atoms with Gasteiger partial charge in [-0.15, -0.1) is 0 Å². The smallest absolute Gasteiger partial charge is 0.462 e. The highest BCUT2D eigenvalue weighted by Crippen LogP contribution is 2.43. The van der Waals surface area contributed by atoms with Crippen molar-refractivity contribution in [3.05, 3.63) is 72.9 Å². The highest BCUT2D eigenvalue weighted by Gasteiger charge is 2.27. The lowest BCUT2D eigenvalue weighted by atomic mass is 10.0. The van der Waals surface area contributed by atoms with Crippen LogP contribution in [0.5, 0.6) is 0 Å². The summed E-state index contributed by atoms with van der Waals surface area (Å²) in [5.74, 6) is -0.812. The first kappa shape index (κ1) is 61.5. The van der Waals surface area contributed by atoms with Crippen LogP contribution in [-0.2, 0) is 32.7 Å². The highest BCUT2D eigenvalue weighted by molar-refractivity contribution is 7.47. The van der Waals surface area contributed by atoms with E-state index < -0.39 is 26.5 Å². The highest BCUT2D eigenvalue weighted by atomic mass is 31.2. The second-order valence-corrected chi connectivity index (χ2v) is 19.6. The van der Waals surface area contributed by atoms with Crippen LogP contribution < -0.4 is 0 Å². The fraction of sp³-hybridized carbons (Fsp3) is 0.741. The van der Waals surface area contributed by atoms with Crippen LogP contribution in [0.1, 0.15) is 206 Å². The van der Waals surface area contributed by atoms with Gasteiger partial charge in [0.2, 0.25) is 0 Å². The van der Waals surface area contributed by atoms with E-state index in [0.29, 0.717) is 17.4 Å². The molecule has 0 saturated heterocycles. The monoisotopic (exact) mass is 919 g/mol. The third-order valence-electron chi connectivity index (χ3n) is 10.7. The Morgan fingerprint density at radius 2 is 0.891 bits per heavy atom. The molecule has 0 saturated carbocycles. The zero-order valence-electron chi connectivity index (χ0n) is 41.7. The van der Waals surface area contributed by atoms with E-state index in [0.717, 1.165) is 96.3 Å².